The average molecular weight is 678 g/mol. The lowest BCUT2D eigenvalue weighted by atomic mass is 10.0. The van der Waals surface area contributed by atoms with E-state index in [-0.39, 0.29) is 44.2 Å². The molecule has 14 nitrogen and oxygen atoms in total. The number of hydrogen-bond acceptors (Lipinski definition) is 10. The predicted octanol–water partition coefficient (Wildman–Crippen LogP) is 2.12. The number of ether oxygens (including phenoxy) is 1. The first kappa shape index (κ1) is 38.8. The lowest BCUT2D eigenvalue weighted by Crippen LogP contribution is -2.57. The summed E-state index contributed by atoms with van der Waals surface area (Å²) in [4.78, 5) is 69.8. The van der Waals surface area contributed by atoms with Gasteiger partial charge in [0.25, 0.3) is 0 Å². The summed E-state index contributed by atoms with van der Waals surface area (Å²) >= 11 is 1.50. The van der Waals surface area contributed by atoms with Gasteiger partial charge in [0.05, 0.1) is 13.0 Å². The van der Waals surface area contributed by atoms with Crippen LogP contribution in [0.4, 0.5) is 4.79 Å². The SMILES string of the molecule is CSCCC(NC(=O)OCC(C)C)C(=O)NC(CC(C)C)C(=O)NC(Cc1ccccc1)C(=O)NCCC(=O)On1c(O)ccc1O. The van der Waals surface area contributed by atoms with Gasteiger partial charge in [0.1, 0.15) is 18.1 Å². The molecule has 0 bridgehead atoms. The normalized spacial score (nSPS) is 12.9. The number of nitrogens with zero attached hydrogens (tertiary/aromatic N) is 1. The molecule has 47 heavy (non-hydrogen) atoms. The van der Waals surface area contributed by atoms with Crippen LogP contribution in [0.1, 0.15) is 52.5 Å². The number of alkyl carbamates (subject to hydrolysis) is 1. The van der Waals surface area contributed by atoms with Crippen LogP contribution in [0.25, 0.3) is 0 Å². The zero-order valence-electron chi connectivity index (χ0n) is 27.5. The minimum Gasteiger partial charge on any atom is -0.492 e. The third kappa shape index (κ3) is 14.3. The van der Waals surface area contributed by atoms with Gasteiger partial charge in [-0.3, -0.25) is 14.4 Å². The van der Waals surface area contributed by atoms with Crippen LogP contribution in [0, 0.1) is 11.8 Å². The zero-order chi connectivity index (χ0) is 34.9. The highest BCUT2D eigenvalue weighted by Crippen LogP contribution is 2.18. The van der Waals surface area contributed by atoms with Gasteiger partial charge in [0.15, 0.2) is 0 Å². The van der Waals surface area contributed by atoms with Crippen molar-refractivity contribution >= 4 is 41.5 Å². The van der Waals surface area contributed by atoms with Crippen molar-refractivity contribution in [2.24, 2.45) is 11.8 Å². The third-order valence-corrected chi connectivity index (χ3v) is 7.29. The number of aromatic nitrogens is 1. The molecule has 2 aromatic rings. The van der Waals surface area contributed by atoms with Gasteiger partial charge in [0, 0.05) is 25.1 Å². The second-order valence-electron chi connectivity index (χ2n) is 11.8. The summed E-state index contributed by atoms with van der Waals surface area (Å²) in [6.07, 6.45) is 1.54. The molecule has 0 fully saturated rings. The fraction of sp³-hybridized carbons (Fsp3) is 0.531. The molecule has 15 heteroatoms. The molecule has 3 unspecified atom stereocenters. The molecule has 4 amide bonds. The number of rotatable bonds is 19. The van der Waals surface area contributed by atoms with Gasteiger partial charge in [-0.25, -0.2) is 9.59 Å². The van der Waals surface area contributed by atoms with E-state index in [2.05, 4.69) is 21.3 Å². The maximum atomic E-state index is 13.6. The number of carbonyl (C=O) groups excluding carboxylic acids is 5. The summed E-state index contributed by atoms with van der Waals surface area (Å²) in [5, 5.41) is 30.0. The summed E-state index contributed by atoms with van der Waals surface area (Å²) in [7, 11) is 0. The van der Waals surface area contributed by atoms with Gasteiger partial charge in [-0.05, 0) is 42.2 Å². The van der Waals surface area contributed by atoms with Crippen LogP contribution in [0.5, 0.6) is 11.8 Å². The van der Waals surface area contributed by atoms with Crippen molar-refractivity contribution < 1.29 is 43.8 Å². The monoisotopic (exact) mass is 677 g/mol. The van der Waals surface area contributed by atoms with Gasteiger partial charge >= 0.3 is 12.1 Å². The molecule has 0 aliphatic rings. The second kappa shape index (κ2) is 20.0. The maximum absolute atomic E-state index is 13.6. The van der Waals surface area contributed by atoms with Crippen LogP contribution in [0.3, 0.4) is 0 Å². The molecule has 3 atom stereocenters. The zero-order valence-corrected chi connectivity index (χ0v) is 28.3. The van der Waals surface area contributed by atoms with E-state index in [0.717, 1.165) is 17.7 Å². The van der Waals surface area contributed by atoms with Crippen LogP contribution in [0.15, 0.2) is 42.5 Å². The molecule has 1 aromatic carbocycles. The van der Waals surface area contributed by atoms with Crippen LogP contribution in [0.2, 0.25) is 0 Å². The lowest BCUT2D eigenvalue weighted by molar-refractivity contribution is -0.145. The van der Waals surface area contributed by atoms with Crippen LogP contribution < -0.4 is 26.1 Å². The van der Waals surface area contributed by atoms with E-state index in [0.29, 0.717) is 16.9 Å². The van der Waals surface area contributed by atoms with E-state index in [1.165, 1.54) is 11.8 Å². The third-order valence-electron chi connectivity index (χ3n) is 6.64. The van der Waals surface area contributed by atoms with Gasteiger partial charge in [-0.15, -0.1) is 4.73 Å². The highest BCUT2D eigenvalue weighted by atomic mass is 32.2. The van der Waals surface area contributed by atoms with E-state index in [1.807, 2.05) is 40.0 Å². The molecule has 1 heterocycles. The van der Waals surface area contributed by atoms with Crippen molar-refractivity contribution in [1.82, 2.24) is 26.0 Å². The van der Waals surface area contributed by atoms with Crippen LogP contribution in [-0.2, 0) is 30.3 Å². The first-order chi connectivity index (χ1) is 22.3. The number of thioether (sulfide) groups is 1. The number of hydrogen-bond donors (Lipinski definition) is 6. The first-order valence-electron chi connectivity index (χ1n) is 15.5. The second-order valence-corrected chi connectivity index (χ2v) is 12.7. The highest BCUT2D eigenvalue weighted by molar-refractivity contribution is 7.98. The fourth-order valence-electron chi connectivity index (χ4n) is 4.29. The summed E-state index contributed by atoms with van der Waals surface area (Å²) < 4.78 is 5.73. The summed E-state index contributed by atoms with van der Waals surface area (Å²) in [5.74, 6) is -2.85. The first-order valence-corrected chi connectivity index (χ1v) is 16.9. The largest absolute Gasteiger partial charge is 0.492 e. The van der Waals surface area contributed by atoms with E-state index in [1.54, 1.807) is 24.3 Å². The predicted molar refractivity (Wildman–Crippen MR) is 177 cm³/mol. The minimum absolute atomic E-state index is 0.00811. The molecule has 0 spiro atoms. The van der Waals surface area contributed by atoms with Gasteiger partial charge in [-0.1, -0.05) is 58.0 Å². The standard InChI is InChI=1S/C32H47N5O9S/c1-20(2)17-24(34-30(42)23(14-16-47-5)36-32(44)45-19-21(3)4)31(43)35-25(18-22-9-7-6-8-10-22)29(41)33-15-13-28(40)46-37-26(38)11-12-27(37)39/h6-12,20-21,23-25,38-39H,13-19H2,1-5H3,(H,33,41)(H,34,42)(H,35,43)(H,36,44). The van der Waals surface area contributed by atoms with Gasteiger partial charge < -0.3 is 41.1 Å². The Labute approximate surface area is 279 Å². The van der Waals surface area contributed by atoms with Crippen molar-refractivity contribution in [1.29, 1.82) is 0 Å². The Morgan fingerprint density at radius 3 is 2.02 bits per heavy atom. The van der Waals surface area contributed by atoms with Crippen molar-refractivity contribution in [3.63, 3.8) is 0 Å². The molecule has 2 rings (SSSR count). The topological polar surface area (TPSA) is 197 Å². The molecule has 0 aliphatic heterocycles. The molecule has 1 aromatic heterocycles. The number of amides is 4. The van der Waals surface area contributed by atoms with Crippen molar-refractivity contribution in [2.45, 2.75) is 71.5 Å². The number of carbonyl (C=O) groups is 5. The molecule has 6 N–H and O–H groups in total. The van der Waals surface area contributed by atoms with Crippen molar-refractivity contribution in [2.75, 3.05) is 25.2 Å². The van der Waals surface area contributed by atoms with Crippen LogP contribution in [-0.4, -0.2) is 88.0 Å². The fourth-order valence-corrected chi connectivity index (χ4v) is 4.76. The van der Waals surface area contributed by atoms with E-state index in [9.17, 15) is 34.2 Å². The molecule has 0 aliphatic carbocycles. The van der Waals surface area contributed by atoms with E-state index in [4.69, 9.17) is 9.57 Å². The maximum Gasteiger partial charge on any atom is 0.407 e. The average Bonchev–Trinajstić information content (AvgIpc) is 3.33. The molecule has 0 radical (unpaired) electrons. The van der Waals surface area contributed by atoms with Crippen LogP contribution >= 0.6 is 11.8 Å². The molecule has 0 saturated heterocycles. The molecular weight excluding hydrogens is 630 g/mol. The van der Waals surface area contributed by atoms with E-state index < -0.39 is 59.7 Å². The minimum atomic E-state index is -1.07. The quantitative estimate of drug-likeness (QED) is 0.128. The Bertz CT molecular complexity index is 1300. The summed E-state index contributed by atoms with van der Waals surface area (Å²) in [5.41, 5.74) is 0.761. The molecule has 0 saturated carbocycles. The lowest BCUT2D eigenvalue weighted by Gasteiger charge is -2.26. The number of benzene rings is 1. The number of nitrogens with one attached hydrogen (secondary N) is 4. The Balaban J connectivity index is 2.13. The Morgan fingerprint density at radius 2 is 1.43 bits per heavy atom. The smallest absolute Gasteiger partial charge is 0.407 e. The van der Waals surface area contributed by atoms with E-state index >= 15 is 0 Å². The Hall–Kier alpha value is -4.40. The molecule has 260 valence electrons. The summed E-state index contributed by atoms with van der Waals surface area (Å²) in [6, 6.07) is 8.25. The molecular formula is C32H47N5O9S. The van der Waals surface area contributed by atoms with Crippen molar-refractivity contribution in [3.05, 3.63) is 48.0 Å². The highest BCUT2D eigenvalue weighted by Gasteiger charge is 2.30. The Kier molecular flexibility index (Phi) is 16.5. The van der Waals surface area contributed by atoms with Crippen molar-refractivity contribution in [3.8, 4) is 11.8 Å². The van der Waals surface area contributed by atoms with Gasteiger partial charge in [-0.2, -0.15) is 11.8 Å². The Morgan fingerprint density at radius 1 is 0.809 bits per heavy atom. The number of aromatic hydroxyl groups is 2. The summed E-state index contributed by atoms with van der Waals surface area (Å²) in [6.45, 7) is 7.59. The van der Waals surface area contributed by atoms with Gasteiger partial charge in [0.2, 0.25) is 29.5 Å².